The lowest BCUT2D eigenvalue weighted by molar-refractivity contribution is -0.147. The number of carbonyl (C=O) groups is 2. The SMILES string of the molecule is CC(C)N(C=O)C(C(=O)O)c1cccc(O)c1. The molecule has 0 aliphatic carbocycles. The van der Waals surface area contributed by atoms with Gasteiger partial charge in [0.25, 0.3) is 0 Å². The summed E-state index contributed by atoms with van der Waals surface area (Å²) in [5.41, 5.74) is 0.373. The fourth-order valence-electron chi connectivity index (χ4n) is 1.62. The average Bonchev–Trinajstić information content (AvgIpc) is 2.24. The van der Waals surface area contributed by atoms with Crippen LogP contribution in [-0.2, 0) is 9.59 Å². The zero-order chi connectivity index (χ0) is 13.0. The van der Waals surface area contributed by atoms with Crippen LogP contribution in [-0.4, -0.2) is 33.5 Å². The topological polar surface area (TPSA) is 77.8 Å². The third kappa shape index (κ3) is 2.96. The Morgan fingerprint density at radius 1 is 1.41 bits per heavy atom. The molecule has 0 heterocycles. The van der Waals surface area contributed by atoms with Crippen LogP contribution in [0.15, 0.2) is 24.3 Å². The first-order valence-electron chi connectivity index (χ1n) is 5.22. The molecule has 1 atom stereocenters. The van der Waals surface area contributed by atoms with E-state index >= 15 is 0 Å². The van der Waals surface area contributed by atoms with Gasteiger partial charge < -0.3 is 15.1 Å². The fraction of sp³-hybridized carbons (Fsp3) is 0.333. The van der Waals surface area contributed by atoms with Gasteiger partial charge in [0.2, 0.25) is 6.41 Å². The van der Waals surface area contributed by atoms with E-state index in [0.29, 0.717) is 12.0 Å². The quantitative estimate of drug-likeness (QED) is 0.758. The monoisotopic (exact) mass is 237 g/mol. The third-order valence-corrected chi connectivity index (χ3v) is 2.44. The Bertz CT molecular complexity index is 417. The highest BCUT2D eigenvalue weighted by Crippen LogP contribution is 2.24. The maximum atomic E-state index is 11.2. The molecular weight excluding hydrogens is 222 g/mol. The van der Waals surface area contributed by atoms with Gasteiger partial charge in [-0.3, -0.25) is 4.79 Å². The number of hydrogen-bond donors (Lipinski definition) is 2. The Labute approximate surface area is 99.3 Å². The second kappa shape index (κ2) is 5.34. The number of aliphatic carboxylic acids is 1. The summed E-state index contributed by atoms with van der Waals surface area (Å²) in [7, 11) is 0. The number of carboxylic acid groups (broad SMARTS) is 1. The molecule has 1 unspecified atom stereocenters. The van der Waals surface area contributed by atoms with Crippen molar-refractivity contribution in [1.29, 1.82) is 0 Å². The van der Waals surface area contributed by atoms with Crippen LogP contribution < -0.4 is 0 Å². The van der Waals surface area contributed by atoms with E-state index in [-0.39, 0.29) is 11.8 Å². The standard InChI is InChI=1S/C12H15NO4/c1-8(2)13(7-14)11(12(16)17)9-4-3-5-10(15)6-9/h3-8,11,15H,1-2H3,(H,16,17). The predicted molar refractivity (Wildman–Crippen MR) is 61.5 cm³/mol. The first-order chi connectivity index (χ1) is 7.97. The summed E-state index contributed by atoms with van der Waals surface area (Å²) in [5, 5.41) is 18.5. The Morgan fingerprint density at radius 3 is 2.47 bits per heavy atom. The van der Waals surface area contributed by atoms with E-state index in [9.17, 15) is 19.8 Å². The highest BCUT2D eigenvalue weighted by atomic mass is 16.4. The molecule has 0 aliphatic rings. The van der Waals surface area contributed by atoms with Crippen molar-refractivity contribution in [3.63, 3.8) is 0 Å². The van der Waals surface area contributed by atoms with E-state index in [2.05, 4.69) is 0 Å². The van der Waals surface area contributed by atoms with Crippen LogP contribution in [0.25, 0.3) is 0 Å². The summed E-state index contributed by atoms with van der Waals surface area (Å²) in [6.07, 6.45) is 0.507. The van der Waals surface area contributed by atoms with E-state index in [1.165, 1.54) is 17.0 Å². The van der Waals surface area contributed by atoms with Gasteiger partial charge in [-0.15, -0.1) is 0 Å². The van der Waals surface area contributed by atoms with Gasteiger partial charge in [0.1, 0.15) is 5.75 Å². The molecule has 0 fully saturated rings. The van der Waals surface area contributed by atoms with Crippen molar-refractivity contribution in [2.45, 2.75) is 25.9 Å². The van der Waals surface area contributed by atoms with Gasteiger partial charge in [0.15, 0.2) is 6.04 Å². The van der Waals surface area contributed by atoms with Gasteiger partial charge in [-0.05, 0) is 31.5 Å². The minimum Gasteiger partial charge on any atom is -0.508 e. The minimum atomic E-state index is -1.13. The molecule has 0 aromatic heterocycles. The fourth-order valence-corrected chi connectivity index (χ4v) is 1.62. The molecule has 92 valence electrons. The summed E-state index contributed by atoms with van der Waals surface area (Å²) >= 11 is 0. The number of nitrogens with zero attached hydrogens (tertiary/aromatic N) is 1. The van der Waals surface area contributed by atoms with E-state index in [0.717, 1.165) is 0 Å². The van der Waals surface area contributed by atoms with Crippen molar-refractivity contribution in [2.24, 2.45) is 0 Å². The summed E-state index contributed by atoms with van der Waals surface area (Å²) in [4.78, 5) is 23.4. The van der Waals surface area contributed by atoms with E-state index in [1.807, 2.05) is 0 Å². The molecule has 0 spiro atoms. The van der Waals surface area contributed by atoms with E-state index in [4.69, 9.17) is 0 Å². The van der Waals surface area contributed by atoms with E-state index < -0.39 is 12.0 Å². The number of carbonyl (C=O) groups excluding carboxylic acids is 1. The first kappa shape index (κ1) is 13.0. The molecule has 1 rings (SSSR count). The summed E-state index contributed by atoms with van der Waals surface area (Å²) in [6.45, 7) is 3.46. The second-order valence-corrected chi connectivity index (χ2v) is 3.98. The largest absolute Gasteiger partial charge is 0.508 e. The normalized spacial score (nSPS) is 12.2. The van der Waals surface area contributed by atoms with Crippen LogP contribution in [0.4, 0.5) is 0 Å². The Kier molecular flexibility index (Phi) is 4.09. The molecule has 1 aromatic rings. The maximum absolute atomic E-state index is 11.2. The van der Waals surface area contributed by atoms with Crippen molar-refractivity contribution in [3.05, 3.63) is 29.8 Å². The number of benzene rings is 1. The number of phenolic OH excluding ortho intramolecular Hbond substituents is 1. The van der Waals surface area contributed by atoms with Crippen LogP contribution in [0, 0.1) is 0 Å². The molecular formula is C12H15NO4. The molecule has 5 heteroatoms. The lowest BCUT2D eigenvalue weighted by atomic mass is 10.0. The lowest BCUT2D eigenvalue weighted by Gasteiger charge is -2.28. The van der Waals surface area contributed by atoms with Gasteiger partial charge in [-0.2, -0.15) is 0 Å². The van der Waals surface area contributed by atoms with Gasteiger partial charge in [0, 0.05) is 6.04 Å². The lowest BCUT2D eigenvalue weighted by Crippen LogP contribution is -2.38. The van der Waals surface area contributed by atoms with Crippen LogP contribution in [0.2, 0.25) is 0 Å². The van der Waals surface area contributed by atoms with Crippen LogP contribution in [0.1, 0.15) is 25.5 Å². The maximum Gasteiger partial charge on any atom is 0.331 e. The molecule has 0 bridgehead atoms. The number of hydrogen-bond acceptors (Lipinski definition) is 3. The molecule has 0 saturated carbocycles. The first-order valence-corrected chi connectivity index (χ1v) is 5.22. The molecule has 2 N–H and O–H groups in total. The molecule has 1 aromatic carbocycles. The Hall–Kier alpha value is -2.04. The highest BCUT2D eigenvalue weighted by molar-refractivity contribution is 5.78. The Morgan fingerprint density at radius 2 is 2.06 bits per heavy atom. The smallest absolute Gasteiger partial charge is 0.331 e. The summed E-state index contributed by atoms with van der Waals surface area (Å²) < 4.78 is 0. The summed E-state index contributed by atoms with van der Waals surface area (Å²) in [5.74, 6) is -1.15. The molecule has 17 heavy (non-hydrogen) atoms. The van der Waals surface area contributed by atoms with Gasteiger partial charge in [0.05, 0.1) is 0 Å². The number of rotatable bonds is 5. The molecule has 0 aliphatic heterocycles. The van der Waals surface area contributed by atoms with Gasteiger partial charge in [-0.1, -0.05) is 12.1 Å². The highest BCUT2D eigenvalue weighted by Gasteiger charge is 2.28. The van der Waals surface area contributed by atoms with Crippen molar-refractivity contribution in [1.82, 2.24) is 4.90 Å². The van der Waals surface area contributed by atoms with Crippen molar-refractivity contribution < 1.29 is 19.8 Å². The van der Waals surface area contributed by atoms with Crippen LogP contribution in [0.5, 0.6) is 5.75 Å². The van der Waals surface area contributed by atoms with Gasteiger partial charge in [-0.25, -0.2) is 4.79 Å². The molecule has 5 nitrogen and oxygen atoms in total. The predicted octanol–water partition coefficient (Wildman–Crippen LogP) is 1.38. The van der Waals surface area contributed by atoms with Crippen molar-refractivity contribution in [2.75, 3.05) is 0 Å². The average molecular weight is 237 g/mol. The Balaban J connectivity index is 3.17. The zero-order valence-electron chi connectivity index (χ0n) is 9.70. The van der Waals surface area contributed by atoms with Crippen LogP contribution >= 0.6 is 0 Å². The van der Waals surface area contributed by atoms with E-state index in [1.54, 1.807) is 26.0 Å². The molecule has 0 saturated heterocycles. The number of aromatic hydroxyl groups is 1. The minimum absolute atomic E-state index is 0.0247. The van der Waals surface area contributed by atoms with Crippen LogP contribution in [0.3, 0.4) is 0 Å². The number of amides is 1. The second-order valence-electron chi connectivity index (χ2n) is 3.98. The van der Waals surface area contributed by atoms with Crippen molar-refractivity contribution >= 4 is 12.4 Å². The zero-order valence-corrected chi connectivity index (χ0v) is 9.70. The number of phenols is 1. The molecule has 1 amide bonds. The van der Waals surface area contributed by atoms with Crippen molar-refractivity contribution in [3.8, 4) is 5.75 Å². The summed E-state index contributed by atoms with van der Waals surface area (Å²) in [6, 6.07) is 4.58. The number of carboxylic acids is 1. The van der Waals surface area contributed by atoms with Gasteiger partial charge >= 0.3 is 5.97 Å². The third-order valence-electron chi connectivity index (χ3n) is 2.44. The molecule has 0 radical (unpaired) electrons.